The van der Waals surface area contributed by atoms with Crippen LogP contribution in [0.3, 0.4) is 0 Å². The molecule has 0 aliphatic carbocycles. The van der Waals surface area contributed by atoms with Crippen molar-refractivity contribution in [3.63, 3.8) is 0 Å². The zero-order chi connectivity index (χ0) is 18.7. The van der Waals surface area contributed by atoms with Gasteiger partial charge in [-0.1, -0.05) is 26.0 Å². The first-order valence-electron chi connectivity index (χ1n) is 8.85. The van der Waals surface area contributed by atoms with E-state index in [9.17, 15) is 9.59 Å². The SMILES string of the molecule is COc1ccc(CCC(=O)Nc2ccc3c(c2)C(C(C)C)C(=O)N3)cc1. The number of amides is 2. The van der Waals surface area contributed by atoms with Crippen LogP contribution < -0.4 is 15.4 Å². The minimum atomic E-state index is -0.166. The van der Waals surface area contributed by atoms with E-state index in [-0.39, 0.29) is 23.7 Å². The first kappa shape index (κ1) is 18.0. The molecule has 2 amide bonds. The lowest BCUT2D eigenvalue weighted by Gasteiger charge is -2.14. The van der Waals surface area contributed by atoms with Crippen LogP contribution in [0.25, 0.3) is 0 Å². The third-order valence-corrected chi connectivity index (χ3v) is 4.68. The number of carbonyl (C=O) groups excluding carboxylic acids is 2. The van der Waals surface area contributed by atoms with E-state index in [1.54, 1.807) is 7.11 Å². The van der Waals surface area contributed by atoms with Gasteiger partial charge in [-0.3, -0.25) is 9.59 Å². The second kappa shape index (κ2) is 7.60. The van der Waals surface area contributed by atoms with Crippen LogP contribution in [0.1, 0.15) is 37.3 Å². The largest absolute Gasteiger partial charge is 0.497 e. The second-order valence-corrected chi connectivity index (χ2v) is 6.91. The Bertz CT molecular complexity index is 813. The molecule has 1 aliphatic heterocycles. The summed E-state index contributed by atoms with van der Waals surface area (Å²) in [6.45, 7) is 4.05. The Labute approximate surface area is 153 Å². The van der Waals surface area contributed by atoms with Crippen LogP contribution in [0.4, 0.5) is 11.4 Å². The van der Waals surface area contributed by atoms with Crippen LogP contribution in [0.5, 0.6) is 5.75 Å². The van der Waals surface area contributed by atoms with Crippen molar-refractivity contribution in [2.75, 3.05) is 17.7 Å². The monoisotopic (exact) mass is 352 g/mol. The molecule has 3 rings (SSSR count). The van der Waals surface area contributed by atoms with E-state index in [2.05, 4.69) is 10.6 Å². The van der Waals surface area contributed by atoms with Gasteiger partial charge >= 0.3 is 0 Å². The molecule has 5 heteroatoms. The molecule has 0 radical (unpaired) electrons. The zero-order valence-corrected chi connectivity index (χ0v) is 15.3. The maximum atomic E-state index is 12.3. The van der Waals surface area contributed by atoms with Gasteiger partial charge in [-0.15, -0.1) is 0 Å². The molecule has 26 heavy (non-hydrogen) atoms. The molecule has 0 aromatic heterocycles. The lowest BCUT2D eigenvalue weighted by atomic mass is 9.89. The Kier molecular flexibility index (Phi) is 5.26. The molecule has 1 unspecified atom stereocenters. The molecule has 2 aromatic carbocycles. The fraction of sp³-hybridized carbons (Fsp3) is 0.333. The summed E-state index contributed by atoms with van der Waals surface area (Å²) >= 11 is 0. The predicted octanol–water partition coefficient (Wildman–Crippen LogP) is 3.96. The number of ether oxygens (including phenoxy) is 1. The highest BCUT2D eigenvalue weighted by Crippen LogP contribution is 2.38. The van der Waals surface area contributed by atoms with Crippen molar-refractivity contribution in [1.29, 1.82) is 0 Å². The Morgan fingerprint density at radius 3 is 2.58 bits per heavy atom. The van der Waals surface area contributed by atoms with Crippen molar-refractivity contribution in [3.8, 4) is 5.75 Å². The van der Waals surface area contributed by atoms with Gasteiger partial charge in [-0.05, 0) is 53.8 Å². The summed E-state index contributed by atoms with van der Waals surface area (Å²) in [5.41, 5.74) is 3.61. The number of fused-ring (bicyclic) bond motifs is 1. The number of anilines is 2. The second-order valence-electron chi connectivity index (χ2n) is 6.91. The third kappa shape index (κ3) is 3.87. The van der Waals surface area contributed by atoms with E-state index in [1.165, 1.54) is 0 Å². The molecule has 2 aromatic rings. The Hall–Kier alpha value is -2.82. The maximum Gasteiger partial charge on any atom is 0.232 e. The highest BCUT2D eigenvalue weighted by Gasteiger charge is 2.32. The summed E-state index contributed by atoms with van der Waals surface area (Å²) in [6, 6.07) is 13.3. The van der Waals surface area contributed by atoms with Gasteiger partial charge in [0.1, 0.15) is 5.75 Å². The van der Waals surface area contributed by atoms with Gasteiger partial charge < -0.3 is 15.4 Å². The summed E-state index contributed by atoms with van der Waals surface area (Å²) in [5, 5.41) is 5.84. The third-order valence-electron chi connectivity index (χ3n) is 4.68. The molecular weight excluding hydrogens is 328 g/mol. The molecule has 1 heterocycles. The number of nitrogens with one attached hydrogen (secondary N) is 2. The summed E-state index contributed by atoms with van der Waals surface area (Å²) in [6.07, 6.45) is 1.06. The van der Waals surface area contributed by atoms with Crippen molar-refractivity contribution >= 4 is 23.2 Å². The predicted molar refractivity (Wildman–Crippen MR) is 103 cm³/mol. The molecule has 0 saturated heterocycles. The molecule has 0 saturated carbocycles. The molecular formula is C21H24N2O3. The van der Waals surface area contributed by atoms with Crippen LogP contribution in [-0.4, -0.2) is 18.9 Å². The van der Waals surface area contributed by atoms with Crippen LogP contribution in [-0.2, 0) is 16.0 Å². The Morgan fingerprint density at radius 1 is 1.19 bits per heavy atom. The van der Waals surface area contributed by atoms with Crippen LogP contribution in [0.15, 0.2) is 42.5 Å². The van der Waals surface area contributed by atoms with E-state index in [1.807, 2.05) is 56.3 Å². The van der Waals surface area contributed by atoms with Gasteiger partial charge in [0.2, 0.25) is 11.8 Å². The minimum absolute atomic E-state index is 0.0259. The van der Waals surface area contributed by atoms with Crippen LogP contribution in [0, 0.1) is 5.92 Å². The molecule has 1 aliphatic rings. The molecule has 2 N–H and O–H groups in total. The minimum Gasteiger partial charge on any atom is -0.497 e. The van der Waals surface area contributed by atoms with Crippen LogP contribution in [0.2, 0.25) is 0 Å². The first-order chi connectivity index (χ1) is 12.5. The highest BCUT2D eigenvalue weighted by molar-refractivity contribution is 6.04. The lowest BCUT2D eigenvalue weighted by molar-refractivity contribution is -0.118. The summed E-state index contributed by atoms with van der Waals surface area (Å²) in [4.78, 5) is 24.4. The quantitative estimate of drug-likeness (QED) is 0.827. The van der Waals surface area contributed by atoms with Crippen molar-refractivity contribution < 1.29 is 14.3 Å². The molecule has 5 nitrogen and oxygen atoms in total. The number of rotatable bonds is 6. The normalized spacial score (nSPS) is 15.5. The van der Waals surface area contributed by atoms with Crippen molar-refractivity contribution in [3.05, 3.63) is 53.6 Å². The highest BCUT2D eigenvalue weighted by atomic mass is 16.5. The fourth-order valence-electron chi connectivity index (χ4n) is 3.30. The maximum absolute atomic E-state index is 12.3. The lowest BCUT2D eigenvalue weighted by Crippen LogP contribution is -2.17. The van der Waals surface area contributed by atoms with Gasteiger partial charge in [0, 0.05) is 17.8 Å². The molecule has 1 atom stereocenters. The molecule has 0 spiro atoms. The summed E-state index contributed by atoms with van der Waals surface area (Å²) < 4.78 is 5.13. The van der Waals surface area contributed by atoms with E-state index in [4.69, 9.17) is 4.74 Å². The van der Waals surface area contributed by atoms with Gasteiger partial charge in [-0.2, -0.15) is 0 Å². The number of carbonyl (C=O) groups is 2. The standard InChI is InChI=1S/C21H24N2O3/c1-13(2)20-17-12-15(7-10-18(17)23-21(20)25)22-19(24)11-6-14-4-8-16(26-3)9-5-14/h4-5,7-10,12-13,20H,6,11H2,1-3H3,(H,22,24)(H,23,25). The molecule has 0 bridgehead atoms. The van der Waals surface area contributed by atoms with E-state index >= 15 is 0 Å². The number of benzene rings is 2. The average molecular weight is 352 g/mol. The Morgan fingerprint density at radius 2 is 1.92 bits per heavy atom. The topological polar surface area (TPSA) is 67.4 Å². The van der Waals surface area contributed by atoms with Crippen LogP contribution >= 0.6 is 0 Å². The number of hydrogen-bond donors (Lipinski definition) is 2. The smallest absolute Gasteiger partial charge is 0.232 e. The van der Waals surface area contributed by atoms with Gasteiger partial charge in [0.05, 0.1) is 13.0 Å². The first-order valence-corrected chi connectivity index (χ1v) is 8.85. The zero-order valence-electron chi connectivity index (χ0n) is 15.3. The van der Waals surface area contributed by atoms with Crippen molar-refractivity contribution in [2.24, 2.45) is 5.92 Å². The number of hydrogen-bond acceptors (Lipinski definition) is 3. The molecule has 0 fully saturated rings. The van der Waals surface area contributed by atoms with Gasteiger partial charge in [0.25, 0.3) is 0 Å². The Balaban J connectivity index is 1.62. The molecule has 136 valence electrons. The number of methoxy groups -OCH3 is 1. The van der Waals surface area contributed by atoms with E-state index in [0.717, 1.165) is 28.3 Å². The van der Waals surface area contributed by atoms with E-state index in [0.29, 0.717) is 12.8 Å². The van der Waals surface area contributed by atoms with Gasteiger partial charge in [-0.25, -0.2) is 0 Å². The van der Waals surface area contributed by atoms with Crippen molar-refractivity contribution in [2.45, 2.75) is 32.6 Å². The fourth-order valence-corrected chi connectivity index (χ4v) is 3.30. The summed E-state index contributed by atoms with van der Waals surface area (Å²) in [5.74, 6) is 0.828. The number of aryl methyl sites for hydroxylation is 1. The van der Waals surface area contributed by atoms with Crippen molar-refractivity contribution in [1.82, 2.24) is 0 Å². The van der Waals surface area contributed by atoms with E-state index < -0.39 is 0 Å². The van der Waals surface area contributed by atoms with Gasteiger partial charge in [0.15, 0.2) is 0 Å². The average Bonchev–Trinajstić information content (AvgIpc) is 2.95. The summed E-state index contributed by atoms with van der Waals surface area (Å²) in [7, 11) is 1.63.